The first kappa shape index (κ1) is 10.0. The van der Waals surface area contributed by atoms with Crippen molar-refractivity contribution in [3.8, 4) is 0 Å². The maximum atomic E-state index is 8.84. The predicted octanol–water partition coefficient (Wildman–Crippen LogP) is 1.54. The standard InChI is InChI=1S/C10H21NO/c1-8(2)7-10(5-6-12)11-9-3-4-9/h8-12H,3-7H2,1-2H3. The minimum atomic E-state index is 0.317. The molecule has 2 N–H and O–H groups in total. The van der Waals surface area contributed by atoms with Gasteiger partial charge in [-0.05, 0) is 31.6 Å². The second-order valence-corrected chi connectivity index (χ2v) is 4.28. The molecule has 0 aliphatic heterocycles. The highest BCUT2D eigenvalue weighted by molar-refractivity contribution is 4.85. The fraction of sp³-hybridized carbons (Fsp3) is 1.00. The second kappa shape index (κ2) is 4.83. The molecular formula is C10H21NO. The van der Waals surface area contributed by atoms with Crippen molar-refractivity contribution < 1.29 is 5.11 Å². The van der Waals surface area contributed by atoms with E-state index in [0.29, 0.717) is 12.6 Å². The molecule has 2 heteroatoms. The molecule has 0 aromatic rings. The quantitative estimate of drug-likeness (QED) is 0.635. The lowest BCUT2D eigenvalue weighted by atomic mass is 10.0. The van der Waals surface area contributed by atoms with E-state index in [1.165, 1.54) is 19.3 Å². The van der Waals surface area contributed by atoms with Crippen LogP contribution in [0.2, 0.25) is 0 Å². The Bertz CT molecular complexity index is 117. The van der Waals surface area contributed by atoms with Crippen LogP contribution in [0.3, 0.4) is 0 Å². The fourth-order valence-electron chi connectivity index (χ4n) is 1.58. The van der Waals surface area contributed by atoms with Crippen molar-refractivity contribution in [3.63, 3.8) is 0 Å². The number of rotatable bonds is 6. The smallest absolute Gasteiger partial charge is 0.0445 e. The SMILES string of the molecule is CC(C)CC(CCO)NC1CC1. The largest absolute Gasteiger partial charge is 0.396 e. The van der Waals surface area contributed by atoms with Gasteiger partial charge in [0.05, 0.1) is 0 Å². The normalized spacial score (nSPS) is 20.0. The lowest BCUT2D eigenvalue weighted by Crippen LogP contribution is -2.33. The summed E-state index contributed by atoms with van der Waals surface area (Å²) in [6, 6.07) is 1.31. The molecule has 0 bridgehead atoms. The Labute approximate surface area is 75.4 Å². The van der Waals surface area contributed by atoms with E-state index in [1.807, 2.05) is 0 Å². The molecule has 0 radical (unpaired) electrons. The zero-order valence-corrected chi connectivity index (χ0v) is 8.21. The topological polar surface area (TPSA) is 32.3 Å². The van der Waals surface area contributed by atoms with Gasteiger partial charge in [0.15, 0.2) is 0 Å². The van der Waals surface area contributed by atoms with Crippen molar-refractivity contribution in [2.24, 2.45) is 5.92 Å². The molecular weight excluding hydrogens is 150 g/mol. The Morgan fingerprint density at radius 3 is 2.50 bits per heavy atom. The Kier molecular flexibility index (Phi) is 4.02. The minimum Gasteiger partial charge on any atom is -0.396 e. The summed E-state index contributed by atoms with van der Waals surface area (Å²) in [6.45, 7) is 4.79. The second-order valence-electron chi connectivity index (χ2n) is 4.28. The predicted molar refractivity (Wildman–Crippen MR) is 51.1 cm³/mol. The summed E-state index contributed by atoms with van der Waals surface area (Å²) < 4.78 is 0. The van der Waals surface area contributed by atoms with Gasteiger partial charge in [-0.1, -0.05) is 13.8 Å². The molecule has 1 aliphatic rings. The summed E-state index contributed by atoms with van der Waals surface area (Å²) >= 11 is 0. The van der Waals surface area contributed by atoms with Crippen molar-refractivity contribution in [1.29, 1.82) is 0 Å². The molecule has 0 aromatic heterocycles. The Morgan fingerprint density at radius 1 is 1.42 bits per heavy atom. The van der Waals surface area contributed by atoms with Gasteiger partial charge >= 0.3 is 0 Å². The number of hydrogen-bond donors (Lipinski definition) is 2. The van der Waals surface area contributed by atoms with E-state index in [1.54, 1.807) is 0 Å². The lowest BCUT2D eigenvalue weighted by Gasteiger charge is -2.19. The van der Waals surface area contributed by atoms with Crippen LogP contribution in [-0.2, 0) is 0 Å². The average molecular weight is 171 g/mol. The summed E-state index contributed by atoms with van der Waals surface area (Å²) in [5, 5.41) is 12.4. The van der Waals surface area contributed by atoms with Crippen LogP contribution in [0.1, 0.15) is 39.5 Å². The third kappa shape index (κ3) is 4.07. The van der Waals surface area contributed by atoms with Crippen molar-refractivity contribution in [1.82, 2.24) is 5.32 Å². The van der Waals surface area contributed by atoms with Gasteiger partial charge < -0.3 is 10.4 Å². The molecule has 1 aliphatic carbocycles. The van der Waals surface area contributed by atoms with Crippen LogP contribution < -0.4 is 5.32 Å². The molecule has 0 spiro atoms. The average Bonchev–Trinajstić information content (AvgIpc) is 2.70. The summed E-state index contributed by atoms with van der Waals surface area (Å²) in [5.74, 6) is 0.729. The maximum absolute atomic E-state index is 8.84. The van der Waals surface area contributed by atoms with Crippen LogP contribution in [0.15, 0.2) is 0 Å². The van der Waals surface area contributed by atoms with E-state index in [9.17, 15) is 0 Å². The van der Waals surface area contributed by atoms with Gasteiger partial charge in [-0.25, -0.2) is 0 Å². The molecule has 1 atom stereocenters. The molecule has 1 fully saturated rings. The first-order valence-electron chi connectivity index (χ1n) is 5.09. The lowest BCUT2D eigenvalue weighted by molar-refractivity contribution is 0.252. The molecule has 0 saturated heterocycles. The van der Waals surface area contributed by atoms with Gasteiger partial charge in [0, 0.05) is 18.7 Å². The van der Waals surface area contributed by atoms with Crippen molar-refractivity contribution in [3.05, 3.63) is 0 Å². The molecule has 1 saturated carbocycles. The first-order chi connectivity index (χ1) is 5.72. The van der Waals surface area contributed by atoms with Gasteiger partial charge in [-0.15, -0.1) is 0 Å². The number of aliphatic hydroxyl groups excluding tert-OH is 1. The van der Waals surface area contributed by atoms with Crippen molar-refractivity contribution in [2.75, 3.05) is 6.61 Å². The number of hydrogen-bond acceptors (Lipinski definition) is 2. The highest BCUT2D eigenvalue weighted by Gasteiger charge is 2.24. The molecule has 72 valence electrons. The molecule has 12 heavy (non-hydrogen) atoms. The van der Waals surface area contributed by atoms with Crippen LogP contribution in [0, 0.1) is 5.92 Å². The van der Waals surface area contributed by atoms with E-state index < -0.39 is 0 Å². The number of aliphatic hydroxyl groups is 1. The van der Waals surface area contributed by atoms with E-state index >= 15 is 0 Å². The van der Waals surface area contributed by atoms with Crippen LogP contribution in [0.25, 0.3) is 0 Å². The molecule has 0 heterocycles. The first-order valence-corrected chi connectivity index (χ1v) is 5.09. The molecule has 2 nitrogen and oxygen atoms in total. The van der Waals surface area contributed by atoms with Gasteiger partial charge in [0.2, 0.25) is 0 Å². The van der Waals surface area contributed by atoms with Gasteiger partial charge in [-0.2, -0.15) is 0 Å². The van der Waals surface area contributed by atoms with Crippen LogP contribution in [0.4, 0.5) is 0 Å². The van der Waals surface area contributed by atoms with Crippen LogP contribution in [-0.4, -0.2) is 23.8 Å². The van der Waals surface area contributed by atoms with Crippen LogP contribution >= 0.6 is 0 Å². The van der Waals surface area contributed by atoms with E-state index in [2.05, 4.69) is 19.2 Å². The fourth-order valence-corrected chi connectivity index (χ4v) is 1.58. The van der Waals surface area contributed by atoms with E-state index in [4.69, 9.17) is 5.11 Å². The highest BCUT2D eigenvalue weighted by atomic mass is 16.3. The molecule has 0 amide bonds. The van der Waals surface area contributed by atoms with Crippen molar-refractivity contribution >= 4 is 0 Å². The zero-order chi connectivity index (χ0) is 8.97. The van der Waals surface area contributed by atoms with Crippen molar-refractivity contribution in [2.45, 2.75) is 51.6 Å². The Balaban J connectivity index is 2.16. The maximum Gasteiger partial charge on any atom is 0.0445 e. The minimum absolute atomic E-state index is 0.317. The van der Waals surface area contributed by atoms with Gasteiger partial charge in [0.1, 0.15) is 0 Å². The number of nitrogens with one attached hydrogen (secondary N) is 1. The van der Waals surface area contributed by atoms with E-state index in [-0.39, 0.29) is 0 Å². The van der Waals surface area contributed by atoms with Crippen LogP contribution in [0.5, 0.6) is 0 Å². The molecule has 1 rings (SSSR count). The third-order valence-corrected chi connectivity index (χ3v) is 2.28. The summed E-state index contributed by atoms with van der Waals surface area (Å²) in [4.78, 5) is 0. The Hall–Kier alpha value is -0.0800. The van der Waals surface area contributed by atoms with Gasteiger partial charge in [0.25, 0.3) is 0 Å². The molecule has 1 unspecified atom stereocenters. The third-order valence-electron chi connectivity index (χ3n) is 2.28. The van der Waals surface area contributed by atoms with E-state index in [0.717, 1.165) is 18.4 Å². The Morgan fingerprint density at radius 2 is 2.08 bits per heavy atom. The monoisotopic (exact) mass is 171 g/mol. The molecule has 0 aromatic carbocycles. The summed E-state index contributed by atoms with van der Waals surface area (Å²) in [5.41, 5.74) is 0. The van der Waals surface area contributed by atoms with Gasteiger partial charge in [-0.3, -0.25) is 0 Å². The summed E-state index contributed by atoms with van der Waals surface area (Å²) in [6.07, 6.45) is 4.77. The highest BCUT2D eigenvalue weighted by Crippen LogP contribution is 2.21. The summed E-state index contributed by atoms with van der Waals surface area (Å²) in [7, 11) is 0. The zero-order valence-electron chi connectivity index (χ0n) is 8.21.